The molecule has 3 rings (SSSR count). The van der Waals surface area contributed by atoms with Crippen LogP contribution in [0.4, 0.5) is 10.1 Å². The maximum absolute atomic E-state index is 12.9. The lowest BCUT2D eigenvalue weighted by atomic mass is 10.0. The molecular weight excluding hydrogens is 481 g/mol. The minimum atomic E-state index is -0.402. The van der Waals surface area contributed by atoms with Crippen LogP contribution in [0.1, 0.15) is 11.1 Å². The number of benzene rings is 2. The summed E-state index contributed by atoms with van der Waals surface area (Å²) in [5.74, 6) is -0.442. The van der Waals surface area contributed by atoms with Crippen molar-refractivity contribution in [3.05, 3.63) is 86.3 Å². The van der Waals surface area contributed by atoms with E-state index in [1.165, 1.54) is 18.2 Å². The zero-order valence-corrected chi connectivity index (χ0v) is 17.1. The molecule has 0 unspecified atom stereocenters. The summed E-state index contributed by atoms with van der Waals surface area (Å²) in [6, 6.07) is 13.2. The Balaban J connectivity index is 1.61. The van der Waals surface area contributed by atoms with Gasteiger partial charge in [-0.25, -0.2) is 9.18 Å². The van der Waals surface area contributed by atoms with Gasteiger partial charge in [-0.05, 0) is 67.3 Å². The number of cyclic esters (lactones) is 1. The van der Waals surface area contributed by atoms with Crippen LogP contribution in [0, 0.1) is 5.82 Å². The van der Waals surface area contributed by atoms with Crippen LogP contribution >= 0.6 is 31.9 Å². The van der Waals surface area contributed by atoms with Gasteiger partial charge >= 0.3 is 5.97 Å². The molecule has 2 aromatic rings. The molecule has 4 nitrogen and oxygen atoms in total. The van der Waals surface area contributed by atoms with Crippen molar-refractivity contribution in [1.29, 1.82) is 0 Å². The molecule has 0 aromatic heterocycles. The third kappa shape index (κ3) is 5.37. The standard InChI is InChI=1S/C20H14Br2FNO3/c21-20(22)19-14(11-18(26)27-19)9-12-3-7-16(8-4-12)24-17(25)10-13-1-5-15(23)6-2-13/h1-8,11H,9-10H2,(H,24,25). The number of rotatable bonds is 5. The summed E-state index contributed by atoms with van der Waals surface area (Å²) < 4.78 is 18.6. The summed E-state index contributed by atoms with van der Waals surface area (Å²) in [5.41, 5.74) is 3.13. The molecule has 0 spiro atoms. The molecule has 0 bridgehead atoms. The molecule has 1 heterocycles. The highest BCUT2D eigenvalue weighted by molar-refractivity contribution is 9.28. The van der Waals surface area contributed by atoms with E-state index < -0.39 is 5.97 Å². The van der Waals surface area contributed by atoms with Gasteiger partial charge in [-0.15, -0.1) is 0 Å². The molecule has 27 heavy (non-hydrogen) atoms. The van der Waals surface area contributed by atoms with E-state index in [0.29, 0.717) is 21.3 Å². The SMILES string of the molecule is O=C(Cc1ccc(F)cc1)Nc1ccc(CC2=CC(=O)OC2=C(Br)Br)cc1. The highest BCUT2D eigenvalue weighted by Gasteiger charge is 2.22. The van der Waals surface area contributed by atoms with E-state index in [1.54, 1.807) is 24.3 Å². The molecule has 1 amide bonds. The van der Waals surface area contributed by atoms with Crippen LogP contribution in [0.5, 0.6) is 0 Å². The van der Waals surface area contributed by atoms with Crippen molar-refractivity contribution in [1.82, 2.24) is 0 Å². The van der Waals surface area contributed by atoms with E-state index in [2.05, 4.69) is 37.2 Å². The number of esters is 1. The second kappa shape index (κ2) is 8.63. The summed E-state index contributed by atoms with van der Waals surface area (Å²) in [6.07, 6.45) is 2.14. The third-order valence-corrected chi connectivity index (χ3v) is 4.59. The smallest absolute Gasteiger partial charge is 0.336 e. The van der Waals surface area contributed by atoms with Crippen LogP contribution in [0.3, 0.4) is 0 Å². The first kappa shape index (κ1) is 19.5. The summed E-state index contributed by atoms with van der Waals surface area (Å²) in [4.78, 5) is 23.6. The first-order chi connectivity index (χ1) is 12.9. The van der Waals surface area contributed by atoms with E-state index in [9.17, 15) is 14.0 Å². The molecule has 0 saturated carbocycles. The molecule has 0 atom stereocenters. The first-order valence-electron chi connectivity index (χ1n) is 8.02. The van der Waals surface area contributed by atoms with Crippen molar-refractivity contribution >= 4 is 49.4 Å². The summed E-state index contributed by atoms with van der Waals surface area (Å²) in [5, 5.41) is 2.81. The fourth-order valence-corrected chi connectivity index (χ4v) is 3.28. The Morgan fingerprint density at radius 2 is 1.63 bits per heavy atom. The Bertz CT molecular complexity index is 931. The van der Waals surface area contributed by atoms with Crippen molar-refractivity contribution in [2.45, 2.75) is 12.8 Å². The normalized spacial score (nSPS) is 13.2. The highest BCUT2D eigenvalue weighted by Crippen LogP contribution is 2.32. The quantitative estimate of drug-likeness (QED) is 0.595. The Kier molecular flexibility index (Phi) is 6.23. The zero-order chi connectivity index (χ0) is 19.4. The van der Waals surface area contributed by atoms with Crippen LogP contribution in [0.2, 0.25) is 0 Å². The predicted molar refractivity (Wildman–Crippen MR) is 108 cm³/mol. The number of ether oxygens (including phenoxy) is 1. The minimum Gasteiger partial charge on any atom is -0.421 e. The number of allylic oxidation sites excluding steroid dienone is 1. The van der Waals surface area contributed by atoms with Gasteiger partial charge in [0.1, 0.15) is 9.21 Å². The number of anilines is 1. The number of amides is 1. The topological polar surface area (TPSA) is 55.4 Å². The molecule has 0 radical (unpaired) electrons. The van der Waals surface area contributed by atoms with Gasteiger partial charge in [0.25, 0.3) is 0 Å². The van der Waals surface area contributed by atoms with Gasteiger partial charge in [-0.2, -0.15) is 0 Å². The van der Waals surface area contributed by atoms with Crippen molar-refractivity contribution in [3.8, 4) is 0 Å². The summed E-state index contributed by atoms with van der Waals surface area (Å²) >= 11 is 6.52. The molecule has 0 saturated heterocycles. The lowest BCUT2D eigenvalue weighted by molar-refractivity contribution is -0.132. The molecule has 7 heteroatoms. The van der Waals surface area contributed by atoms with Crippen LogP contribution < -0.4 is 5.32 Å². The Labute approximate surface area is 172 Å². The van der Waals surface area contributed by atoms with Crippen molar-refractivity contribution < 1.29 is 18.7 Å². The van der Waals surface area contributed by atoms with E-state index in [0.717, 1.165) is 16.7 Å². The second-order valence-electron chi connectivity index (χ2n) is 5.91. The third-order valence-electron chi connectivity index (χ3n) is 3.87. The Hall–Kier alpha value is -2.25. The Morgan fingerprint density at radius 3 is 2.26 bits per heavy atom. The second-order valence-corrected chi connectivity index (χ2v) is 8.56. The largest absolute Gasteiger partial charge is 0.421 e. The van der Waals surface area contributed by atoms with Gasteiger partial charge in [-0.3, -0.25) is 4.79 Å². The summed E-state index contributed by atoms with van der Waals surface area (Å²) in [7, 11) is 0. The van der Waals surface area contributed by atoms with E-state index in [4.69, 9.17) is 4.74 Å². The monoisotopic (exact) mass is 493 g/mol. The average Bonchev–Trinajstić information content (AvgIpc) is 2.99. The molecule has 1 aliphatic heterocycles. The van der Waals surface area contributed by atoms with Gasteiger partial charge in [0.2, 0.25) is 5.91 Å². The molecule has 1 aliphatic rings. The molecular formula is C20H14Br2FNO3. The number of hydrogen-bond donors (Lipinski definition) is 1. The number of nitrogens with one attached hydrogen (secondary N) is 1. The van der Waals surface area contributed by atoms with E-state index in [-0.39, 0.29) is 18.1 Å². The van der Waals surface area contributed by atoms with Crippen LogP contribution in [0.25, 0.3) is 0 Å². The lowest BCUT2D eigenvalue weighted by Gasteiger charge is -2.08. The van der Waals surface area contributed by atoms with Crippen molar-refractivity contribution in [3.63, 3.8) is 0 Å². The molecule has 1 N–H and O–H groups in total. The van der Waals surface area contributed by atoms with Crippen LogP contribution in [0.15, 0.2) is 69.3 Å². The fraction of sp³-hybridized carbons (Fsp3) is 0.100. The first-order valence-corrected chi connectivity index (χ1v) is 9.60. The molecule has 2 aromatic carbocycles. The maximum Gasteiger partial charge on any atom is 0.336 e. The van der Waals surface area contributed by atoms with Gasteiger partial charge < -0.3 is 10.1 Å². The number of carbonyl (C=O) groups excluding carboxylic acids is 2. The van der Waals surface area contributed by atoms with Crippen molar-refractivity contribution in [2.75, 3.05) is 5.32 Å². The number of carbonyl (C=O) groups is 2. The lowest BCUT2D eigenvalue weighted by Crippen LogP contribution is -2.14. The number of hydrogen-bond acceptors (Lipinski definition) is 3. The average molecular weight is 495 g/mol. The molecule has 138 valence electrons. The van der Waals surface area contributed by atoms with Gasteiger partial charge in [0, 0.05) is 23.8 Å². The minimum absolute atomic E-state index is 0.168. The molecule has 0 aliphatic carbocycles. The van der Waals surface area contributed by atoms with Crippen molar-refractivity contribution in [2.24, 2.45) is 0 Å². The van der Waals surface area contributed by atoms with Gasteiger partial charge in [0.15, 0.2) is 5.76 Å². The highest BCUT2D eigenvalue weighted by atomic mass is 79.9. The Morgan fingerprint density at radius 1 is 1.00 bits per heavy atom. The number of halogens is 3. The van der Waals surface area contributed by atoms with E-state index >= 15 is 0 Å². The van der Waals surface area contributed by atoms with Crippen LogP contribution in [-0.2, 0) is 27.2 Å². The van der Waals surface area contributed by atoms with Gasteiger partial charge in [0.05, 0.1) is 6.42 Å². The summed E-state index contributed by atoms with van der Waals surface area (Å²) in [6.45, 7) is 0. The predicted octanol–water partition coefficient (Wildman–Crippen LogP) is 4.99. The van der Waals surface area contributed by atoms with E-state index in [1.807, 2.05) is 12.1 Å². The van der Waals surface area contributed by atoms with Crippen LogP contribution in [-0.4, -0.2) is 11.9 Å². The maximum atomic E-state index is 12.9. The van der Waals surface area contributed by atoms with Gasteiger partial charge in [-0.1, -0.05) is 24.3 Å². The molecule has 0 fully saturated rings. The fourth-order valence-electron chi connectivity index (χ4n) is 2.61. The zero-order valence-electron chi connectivity index (χ0n) is 14.0.